The van der Waals surface area contributed by atoms with E-state index in [9.17, 15) is 4.79 Å². The molecule has 114 valence electrons. The average molecular weight is 304 g/mol. The summed E-state index contributed by atoms with van der Waals surface area (Å²) in [6.45, 7) is 0.561. The van der Waals surface area contributed by atoms with Gasteiger partial charge in [0.1, 0.15) is 5.82 Å². The second kappa shape index (κ2) is 5.35. The fraction of sp³-hybridized carbons (Fsp3) is 0.167. The van der Waals surface area contributed by atoms with Gasteiger partial charge in [0.25, 0.3) is 5.56 Å². The number of hydrogen-bond donors (Lipinski definition) is 1. The lowest BCUT2D eigenvalue weighted by Crippen LogP contribution is -2.35. The Balaban J connectivity index is 2.03. The molecule has 0 amide bonds. The number of aromatic nitrogens is 2. The first-order valence-corrected chi connectivity index (χ1v) is 7.60. The summed E-state index contributed by atoms with van der Waals surface area (Å²) in [5, 5.41) is 4.62. The van der Waals surface area contributed by atoms with Crippen molar-refractivity contribution >= 4 is 16.6 Å². The number of benzene rings is 2. The van der Waals surface area contributed by atoms with Crippen LogP contribution in [0.25, 0.3) is 10.9 Å². The van der Waals surface area contributed by atoms with Gasteiger partial charge in [0.15, 0.2) is 0 Å². The van der Waals surface area contributed by atoms with Crippen molar-refractivity contribution in [3.63, 3.8) is 0 Å². The van der Waals surface area contributed by atoms with Gasteiger partial charge in [-0.1, -0.05) is 42.5 Å². The molecule has 1 unspecified atom stereocenters. The van der Waals surface area contributed by atoms with Crippen molar-refractivity contribution < 1.29 is 0 Å². The van der Waals surface area contributed by atoms with E-state index >= 15 is 0 Å². The fourth-order valence-electron chi connectivity index (χ4n) is 3.27. The molecule has 1 aliphatic rings. The zero-order valence-corrected chi connectivity index (χ0v) is 12.5. The van der Waals surface area contributed by atoms with Crippen LogP contribution in [0.15, 0.2) is 64.5 Å². The molecule has 2 aromatic carbocycles. The number of rotatable bonds is 1. The first-order valence-electron chi connectivity index (χ1n) is 7.60. The molecule has 0 radical (unpaired) electrons. The fourth-order valence-corrected chi connectivity index (χ4v) is 3.27. The molecule has 0 fully saturated rings. The molecule has 2 N–H and O–H groups in total. The van der Waals surface area contributed by atoms with Crippen molar-refractivity contribution in [3.8, 4) is 0 Å². The summed E-state index contributed by atoms with van der Waals surface area (Å²) < 4.78 is 1.76. The monoisotopic (exact) mass is 304 g/mol. The van der Waals surface area contributed by atoms with Crippen LogP contribution in [0, 0.1) is 0 Å². The molecule has 1 atom stereocenters. The summed E-state index contributed by atoms with van der Waals surface area (Å²) >= 11 is 0. The Morgan fingerprint density at radius 1 is 1.09 bits per heavy atom. The Morgan fingerprint density at radius 2 is 1.83 bits per heavy atom. The SMILES string of the molecule is NN=C1CCn2c(nc3ccccc3c2=O)C1c1ccccc1. The van der Waals surface area contributed by atoms with E-state index in [1.54, 1.807) is 4.57 Å². The predicted octanol–water partition coefficient (Wildman–Crippen LogP) is 2.25. The minimum Gasteiger partial charge on any atom is -0.323 e. The predicted molar refractivity (Wildman–Crippen MR) is 90.5 cm³/mol. The van der Waals surface area contributed by atoms with Crippen molar-refractivity contribution in [2.24, 2.45) is 10.9 Å². The van der Waals surface area contributed by atoms with Crippen LogP contribution >= 0.6 is 0 Å². The Hall–Kier alpha value is -2.95. The number of nitrogens with two attached hydrogens (primary N) is 1. The minimum absolute atomic E-state index is 0.00241. The lowest BCUT2D eigenvalue weighted by atomic mass is 9.88. The maximum Gasteiger partial charge on any atom is 0.261 e. The highest BCUT2D eigenvalue weighted by Crippen LogP contribution is 2.30. The molecular formula is C18H16N4O. The lowest BCUT2D eigenvalue weighted by molar-refractivity contribution is 0.595. The van der Waals surface area contributed by atoms with Crippen LogP contribution in [0.1, 0.15) is 23.7 Å². The molecule has 5 nitrogen and oxygen atoms in total. The van der Waals surface area contributed by atoms with Crippen molar-refractivity contribution in [2.45, 2.75) is 18.9 Å². The van der Waals surface area contributed by atoms with Crippen molar-refractivity contribution in [1.82, 2.24) is 9.55 Å². The van der Waals surface area contributed by atoms with Gasteiger partial charge in [-0.05, 0) is 17.7 Å². The average Bonchev–Trinajstić information content (AvgIpc) is 2.62. The normalized spacial score (nSPS) is 19.0. The molecular weight excluding hydrogens is 288 g/mol. The van der Waals surface area contributed by atoms with Gasteiger partial charge in [-0.15, -0.1) is 0 Å². The second-order valence-electron chi connectivity index (χ2n) is 5.66. The maximum absolute atomic E-state index is 12.8. The molecule has 2 heterocycles. The van der Waals surface area contributed by atoms with Crippen LogP contribution in [0.5, 0.6) is 0 Å². The quantitative estimate of drug-likeness (QED) is 0.553. The Labute approximate surface area is 133 Å². The van der Waals surface area contributed by atoms with E-state index in [0.717, 1.165) is 17.1 Å². The van der Waals surface area contributed by atoms with Crippen LogP contribution in [-0.4, -0.2) is 15.3 Å². The molecule has 4 rings (SSSR count). The standard InChI is InChI=1S/C18H16N4O/c19-21-15-10-11-22-17(16(15)12-6-2-1-3-7-12)20-14-9-5-4-8-13(14)18(22)23/h1-9,16H,10-11,19H2. The zero-order chi connectivity index (χ0) is 15.8. The van der Waals surface area contributed by atoms with Crippen LogP contribution in [0.3, 0.4) is 0 Å². The summed E-state index contributed by atoms with van der Waals surface area (Å²) in [6.07, 6.45) is 0.656. The number of nitrogens with zero attached hydrogens (tertiary/aromatic N) is 3. The number of hydrazone groups is 1. The van der Waals surface area contributed by atoms with E-state index in [1.165, 1.54) is 0 Å². The third-order valence-corrected chi connectivity index (χ3v) is 4.37. The van der Waals surface area contributed by atoms with E-state index in [2.05, 4.69) is 5.10 Å². The highest BCUT2D eigenvalue weighted by Gasteiger charge is 2.30. The topological polar surface area (TPSA) is 73.3 Å². The smallest absolute Gasteiger partial charge is 0.261 e. The van der Waals surface area contributed by atoms with E-state index in [4.69, 9.17) is 10.8 Å². The van der Waals surface area contributed by atoms with Gasteiger partial charge >= 0.3 is 0 Å². The van der Waals surface area contributed by atoms with Gasteiger partial charge in [-0.2, -0.15) is 5.10 Å². The van der Waals surface area contributed by atoms with Crippen LogP contribution in [-0.2, 0) is 6.54 Å². The molecule has 3 aromatic rings. The van der Waals surface area contributed by atoms with Crippen LogP contribution in [0.4, 0.5) is 0 Å². The first-order chi connectivity index (χ1) is 11.3. The number of fused-ring (bicyclic) bond motifs is 2. The van der Waals surface area contributed by atoms with Crippen molar-refractivity contribution in [3.05, 3.63) is 76.3 Å². The van der Waals surface area contributed by atoms with Crippen LogP contribution in [0.2, 0.25) is 0 Å². The van der Waals surface area contributed by atoms with E-state index < -0.39 is 0 Å². The van der Waals surface area contributed by atoms with Gasteiger partial charge in [-0.25, -0.2) is 4.98 Å². The molecule has 0 aliphatic carbocycles. The van der Waals surface area contributed by atoms with Gasteiger partial charge in [0.05, 0.1) is 22.5 Å². The van der Waals surface area contributed by atoms with E-state index in [0.29, 0.717) is 23.9 Å². The molecule has 23 heavy (non-hydrogen) atoms. The van der Waals surface area contributed by atoms with E-state index in [1.807, 2.05) is 54.6 Å². The molecule has 1 aromatic heterocycles. The molecule has 0 bridgehead atoms. The minimum atomic E-state index is -0.174. The molecule has 0 saturated heterocycles. The summed E-state index contributed by atoms with van der Waals surface area (Å²) in [5.41, 5.74) is 2.62. The van der Waals surface area contributed by atoms with Gasteiger partial charge in [0.2, 0.25) is 0 Å². The highest BCUT2D eigenvalue weighted by atomic mass is 16.1. The zero-order valence-electron chi connectivity index (χ0n) is 12.5. The summed E-state index contributed by atoms with van der Waals surface area (Å²) in [7, 11) is 0. The lowest BCUT2D eigenvalue weighted by Gasteiger charge is -2.27. The summed E-state index contributed by atoms with van der Waals surface area (Å²) in [4.78, 5) is 17.6. The van der Waals surface area contributed by atoms with Gasteiger partial charge in [-0.3, -0.25) is 9.36 Å². The highest BCUT2D eigenvalue weighted by molar-refractivity contribution is 5.94. The Kier molecular flexibility index (Phi) is 3.19. The van der Waals surface area contributed by atoms with Crippen molar-refractivity contribution in [2.75, 3.05) is 0 Å². The van der Waals surface area contributed by atoms with Gasteiger partial charge in [0, 0.05) is 13.0 Å². The summed E-state index contributed by atoms with van der Waals surface area (Å²) in [6, 6.07) is 17.4. The third kappa shape index (κ3) is 2.12. The van der Waals surface area contributed by atoms with Crippen molar-refractivity contribution in [1.29, 1.82) is 0 Å². The molecule has 0 saturated carbocycles. The molecule has 1 aliphatic heterocycles. The van der Waals surface area contributed by atoms with Crippen LogP contribution < -0.4 is 11.4 Å². The molecule has 5 heteroatoms. The number of hydrogen-bond acceptors (Lipinski definition) is 4. The largest absolute Gasteiger partial charge is 0.323 e. The van der Waals surface area contributed by atoms with E-state index in [-0.39, 0.29) is 11.5 Å². The summed E-state index contributed by atoms with van der Waals surface area (Å²) in [5.74, 6) is 6.16. The molecule has 0 spiro atoms. The Bertz CT molecular complexity index is 960. The maximum atomic E-state index is 12.8. The second-order valence-corrected chi connectivity index (χ2v) is 5.66. The third-order valence-electron chi connectivity index (χ3n) is 4.37. The Morgan fingerprint density at radius 3 is 2.61 bits per heavy atom. The first kappa shape index (κ1) is 13.7. The van der Waals surface area contributed by atoms with Gasteiger partial charge < -0.3 is 5.84 Å². The number of para-hydroxylation sites is 1.